The molecular formula is C22H20Cl2N6O4. The molecule has 1 aromatic carbocycles. The summed E-state index contributed by atoms with van der Waals surface area (Å²) in [4.78, 5) is 54.8. The van der Waals surface area contributed by atoms with Gasteiger partial charge in [0.25, 0.3) is 11.8 Å². The fourth-order valence-corrected chi connectivity index (χ4v) is 4.94. The van der Waals surface area contributed by atoms with Gasteiger partial charge >= 0.3 is 0 Å². The zero-order valence-corrected chi connectivity index (χ0v) is 19.5. The summed E-state index contributed by atoms with van der Waals surface area (Å²) in [7, 11) is 0. The first-order chi connectivity index (χ1) is 16.3. The minimum atomic E-state index is -0.968. The van der Waals surface area contributed by atoms with Gasteiger partial charge in [0.1, 0.15) is 6.04 Å². The molecule has 3 aliphatic rings. The summed E-state index contributed by atoms with van der Waals surface area (Å²) in [6, 6.07) is 5.91. The second-order valence-corrected chi connectivity index (χ2v) is 9.18. The average Bonchev–Trinajstić information content (AvgIpc) is 3.06. The summed E-state index contributed by atoms with van der Waals surface area (Å²) < 4.78 is 0. The third-order valence-corrected chi connectivity index (χ3v) is 6.78. The number of piperazine rings is 1. The molecule has 10 nitrogen and oxygen atoms in total. The highest BCUT2D eigenvalue weighted by Crippen LogP contribution is 2.29. The summed E-state index contributed by atoms with van der Waals surface area (Å²) in [5, 5.41) is 10.4. The molecule has 4 heterocycles. The third kappa shape index (κ3) is 4.13. The Bertz CT molecular complexity index is 1210. The maximum atomic E-state index is 13.0. The predicted octanol–water partition coefficient (Wildman–Crippen LogP) is 1.51. The summed E-state index contributed by atoms with van der Waals surface area (Å²) in [5.41, 5.74) is 2.21. The number of hydrogen-bond donors (Lipinski definition) is 1. The molecular weight excluding hydrogens is 483 g/mol. The molecule has 0 bridgehead atoms. The van der Waals surface area contributed by atoms with Crippen LogP contribution in [0.5, 0.6) is 0 Å². The predicted molar refractivity (Wildman–Crippen MR) is 123 cm³/mol. The van der Waals surface area contributed by atoms with Gasteiger partial charge in [0.05, 0.1) is 16.8 Å². The van der Waals surface area contributed by atoms with E-state index in [0.717, 1.165) is 29.2 Å². The van der Waals surface area contributed by atoms with Gasteiger partial charge in [0.15, 0.2) is 10.3 Å². The van der Waals surface area contributed by atoms with E-state index in [9.17, 15) is 19.2 Å². The number of rotatable bonds is 4. The first kappa shape index (κ1) is 22.7. The third-order valence-electron chi connectivity index (χ3n) is 6.32. The van der Waals surface area contributed by atoms with Crippen molar-refractivity contribution in [1.29, 1.82) is 0 Å². The summed E-state index contributed by atoms with van der Waals surface area (Å²) in [5.74, 6) is -2.02. The van der Waals surface area contributed by atoms with Crippen molar-refractivity contribution in [3.63, 3.8) is 0 Å². The van der Waals surface area contributed by atoms with E-state index in [1.54, 1.807) is 18.2 Å². The summed E-state index contributed by atoms with van der Waals surface area (Å²) in [6.45, 7) is 3.54. The first-order valence-electron chi connectivity index (χ1n) is 10.8. The monoisotopic (exact) mass is 502 g/mol. The van der Waals surface area contributed by atoms with E-state index in [1.165, 1.54) is 0 Å². The number of carbonyl (C=O) groups excluding carboxylic acids is 4. The van der Waals surface area contributed by atoms with Gasteiger partial charge in [-0.3, -0.25) is 34.3 Å². The maximum Gasteiger partial charge on any atom is 0.262 e. The van der Waals surface area contributed by atoms with Crippen molar-refractivity contribution in [2.24, 2.45) is 0 Å². The quantitative estimate of drug-likeness (QED) is 0.625. The van der Waals surface area contributed by atoms with Gasteiger partial charge < -0.3 is 4.90 Å². The van der Waals surface area contributed by atoms with Crippen LogP contribution in [-0.4, -0.2) is 75.8 Å². The van der Waals surface area contributed by atoms with Crippen molar-refractivity contribution >= 4 is 52.5 Å². The highest BCUT2D eigenvalue weighted by Gasteiger charge is 2.44. The molecule has 34 heavy (non-hydrogen) atoms. The topological polar surface area (TPSA) is 116 Å². The molecule has 1 atom stereocenters. The Hall–Kier alpha value is -3.08. The Balaban J connectivity index is 1.26. The highest BCUT2D eigenvalue weighted by atomic mass is 35.5. The number of aromatic nitrogens is 2. The van der Waals surface area contributed by atoms with Gasteiger partial charge in [0, 0.05) is 45.2 Å². The number of fused-ring (bicyclic) bond motifs is 1. The molecule has 0 radical (unpaired) electrons. The molecule has 176 valence electrons. The van der Waals surface area contributed by atoms with E-state index < -0.39 is 29.7 Å². The van der Waals surface area contributed by atoms with Crippen molar-refractivity contribution < 1.29 is 19.2 Å². The molecule has 2 aromatic rings. The second kappa shape index (κ2) is 8.94. The van der Waals surface area contributed by atoms with Crippen molar-refractivity contribution in [1.82, 2.24) is 25.3 Å². The molecule has 0 saturated carbocycles. The normalized spacial score (nSPS) is 21.2. The van der Waals surface area contributed by atoms with Gasteiger partial charge in [-0.25, -0.2) is 0 Å². The molecule has 4 amide bonds. The van der Waals surface area contributed by atoms with Crippen molar-refractivity contribution in [3.05, 3.63) is 51.3 Å². The Labute approximate surface area is 204 Å². The molecule has 1 unspecified atom stereocenters. The fourth-order valence-electron chi connectivity index (χ4n) is 4.59. The van der Waals surface area contributed by atoms with Crippen LogP contribution in [-0.2, 0) is 16.1 Å². The number of carbonyl (C=O) groups is 4. The molecule has 3 aliphatic heterocycles. The van der Waals surface area contributed by atoms with Crippen LogP contribution in [0.4, 0.5) is 5.69 Å². The smallest absolute Gasteiger partial charge is 0.262 e. The van der Waals surface area contributed by atoms with Crippen LogP contribution >= 0.6 is 23.2 Å². The van der Waals surface area contributed by atoms with Crippen LogP contribution in [0, 0.1) is 0 Å². The van der Waals surface area contributed by atoms with E-state index in [2.05, 4.69) is 25.3 Å². The first-order valence-corrected chi connectivity index (χ1v) is 11.6. The lowest BCUT2D eigenvalue weighted by Crippen LogP contribution is -2.54. The van der Waals surface area contributed by atoms with Crippen molar-refractivity contribution in [2.45, 2.75) is 25.4 Å². The summed E-state index contributed by atoms with van der Waals surface area (Å²) >= 11 is 12.1. The lowest BCUT2D eigenvalue weighted by molar-refractivity contribution is -0.136. The molecule has 2 saturated heterocycles. The van der Waals surface area contributed by atoms with Gasteiger partial charge in [-0.05, 0) is 24.1 Å². The molecule has 1 N–H and O–H groups in total. The number of halogens is 2. The molecule has 0 spiro atoms. The van der Waals surface area contributed by atoms with Gasteiger partial charge in [-0.1, -0.05) is 29.3 Å². The number of anilines is 1. The second-order valence-electron chi connectivity index (χ2n) is 8.43. The summed E-state index contributed by atoms with van der Waals surface area (Å²) in [6.07, 6.45) is 0.226. The molecule has 1 aromatic heterocycles. The van der Waals surface area contributed by atoms with E-state index in [4.69, 9.17) is 23.2 Å². The van der Waals surface area contributed by atoms with Gasteiger partial charge in [-0.2, -0.15) is 0 Å². The van der Waals surface area contributed by atoms with Crippen LogP contribution < -0.4 is 10.2 Å². The van der Waals surface area contributed by atoms with E-state index in [0.29, 0.717) is 24.8 Å². The SMILES string of the molecule is O=C1CCC(N2C(=O)c3ccc(CN4CCN(c5cc(Cl)nnc5Cl)CC4)cc3C2=O)C(=O)N1. The van der Waals surface area contributed by atoms with Crippen LogP contribution in [0.15, 0.2) is 24.3 Å². The van der Waals surface area contributed by atoms with Crippen molar-refractivity contribution in [3.8, 4) is 0 Å². The van der Waals surface area contributed by atoms with Crippen LogP contribution in [0.1, 0.15) is 39.1 Å². The highest BCUT2D eigenvalue weighted by molar-refractivity contribution is 6.33. The zero-order chi connectivity index (χ0) is 24.0. The minimum Gasteiger partial charge on any atom is -0.366 e. The number of benzene rings is 1. The fraction of sp³-hybridized carbons (Fsp3) is 0.364. The zero-order valence-electron chi connectivity index (χ0n) is 18.0. The van der Waals surface area contributed by atoms with Crippen LogP contribution in [0.2, 0.25) is 10.3 Å². The Morgan fingerprint density at radius 3 is 2.41 bits per heavy atom. The van der Waals surface area contributed by atoms with Crippen LogP contribution in [0.25, 0.3) is 0 Å². The number of nitrogens with zero attached hydrogens (tertiary/aromatic N) is 5. The molecule has 5 rings (SSSR count). The van der Waals surface area contributed by atoms with Crippen LogP contribution in [0.3, 0.4) is 0 Å². The average molecular weight is 503 g/mol. The lowest BCUT2D eigenvalue weighted by Gasteiger charge is -2.36. The van der Waals surface area contributed by atoms with Gasteiger partial charge in [-0.15, -0.1) is 10.2 Å². The molecule has 0 aliphatic carbocycles. The standard InChI is InChI=1S/C22H20Cl2N6O4/c23-17-10-16(19(24)27-26-17)29-7-5-28(6-8-29)11-12-1-2-13-14(9-12)22(34)30(21(13)33)15-3-4-18(31)25-20(15)32/h1-2,9-10,15H,3-8,11H2,(H,25,31,32). The molecule has 2 fully saturated rings. The van der Waals surface area contributed by atoms with Crippen molar-refractivity contribution in [2.75, 3.05) is 31.1 Å². The number of imide groups is 2. The number of nitrogens with one attached hydrogen (secondary N) is 1. The lowest BCUT2D eigenvalue weighted by atomic mass is 10.0. The van der Waals surface area contributed by atoms with E-state index in [1.807, 2.05) is 6.07 Å². The van der Waals surface area contributed by atoms with E-state index >= 15 is 0 Å². The van der Waals surface area contributed by atoms with Gasteiger partial charge in [0.2, 0.25) is 11.8 Å². The Morgan fingerprint density at radius 2 is 1.68 bits per heavy atom. The number of amides is 4. The number of piperidine rings is 1. The Morgan fingerprint density at radius 1 is 0.941 bits per heavy atom. The molecule has 12 heteroatoms. The largest absolute Gasteiger partial charge is 0.366 e. The Kier molecular flexibility index (Phi) is 5.97. The van der Waals surface area contributed by atoms with E-state index in [-0.39, 0.29) is 29.1 Å². The number of hydrogen-bond acceptors (Lipinski definition) is 8. The minimum absolute atomic E-state index is 0.0913. The maximum absolute atomic E-state index is 13.0.